The van der Waals surface area contributed by atoms with Gasteiger partial charge in [-0.2, -0.15) is 0 Å². The van der Waals surface area contributed by atoms with Crippen LogP contribution in [0.2, 0.25) is 0 Å². The third kappa shape index (κ3) is 3.91. The van der Waals surface area contributed by atoms with Gasteiger partial charge in [-0.05, 0) is 48.0 Å². The van der Waals surface area contributed by atoms with Crippen molar-refractivity contribution >= 4 is 50.7 Å². The van der Waals surface area contributed by atoms with E-state index in [1.807, 2.05) is 31.2 Å². The van der Waals surface area contributed by atoms with Crippen LogP contribution in [0.3, 0.4) is 0 Å². The molecule has 2 aromatic rings. The minimum Gasteiger partial charge on any atom is -0.292 e. The van der Waals surface area contributed by atoms with Crippen LogP contribution in [-0.4, -0.2) is 28.4 Å². The molecule has 0 spiro atoms. The first-order valence-electron chi connectivity index (χ1n) is 7.55. The Labute approximate surface area is 158 Å². The maximum absolute atomic E-state index is 12.5. The summed E-state index contributed by atoms with van der Waals surface area (Å²) in [4.78, 5) is 38.3. The Kier molecular flexibility index (Phi) is 5.20. The summed E-state index contributed by atoms with van der Waals surface area (Å²) in [6.07, 6.45) is 1.70. The molecule has 3 rings (SSSR count). The van der Waals surface area contributed by atoms with Crippen LogP contribution in [-0.2, 0) is 4.79 Å². The van der Waals surface area contributed by atoms with E-state index in [1.165, 1.54) is 0 Å². The van der Waals surface area contributed by atoms with Crippen LogP contribution in [0.4, 0.5) is 4.79 Å². The second-order valence-electron chi connectivity index (χ2n) is 5.55. The summed E-state index contributed by atoms with van der Waals surface area (Å²) in [6.45, 7) is 1.69. The Hall–Kier alpha value is -2.18. The van der Waals surface area contributed by atoms with Crippen molar-refractivity contribution in [3.05, 3.63) is 74.6 Å². The Balaban J connectivity index is 1.79. The lowest BCUT2D eigenvalue weighted by Gasteiger charge is -2.11. The summed E-state index contributed by atoms with van der Waals surface area (Å²) in [7, 11) is 0. The monoisotopic (exact) mass is 415 g/mol. The summed E-state index contributed by atoms with van der Waals surface area (Å²) < 4.78 is 0.858. The fourth-order valence-corrected chi connectivity index (χ4v) is 3.49. The summed E-state index contributed by atoms with van der Waals surface area (Å²) in [6, 6.07) is 14.4. The molecule has 1 aliphatic rings. The average molecular weight is 416 g/mol. The second kappa shape index (κ2) is 7.37. The van der Waals surface area contributed by atoms with E-state index in [0.29, 0.717) is 10.5 Å². The fraction of sp³-hybridized carbons (Fsp3) is 0.105. The molecular weight excluding hydrogens is 402 g/mol. The van der Waals surface area contributed by atoms with Crippen molar-refractivity contribution in [1.29, 1.82) is 0 Å². The number of ketones is 1. The van der Waals surface area contributed by atoms with Gasteiger partial charge >= 0.3 is 0 Å². The lowest BCUT2D eigenvalue weighted by Crippen LogP contribution is -2.33. The second-order valence-corrected chi connectivity index (χ2v) is 7.46. The highest BCUT2D eigenvalue weighted by Crippen LogP contribution is 2.32. The molecule has 25 heavy (non-hydrogen) atoms. The Morgan fingerprint density at radius 2 is 1.80 bits per heavy atom. The van der Waals surface area contributed by atoms with Crippen LogP contribution >= 0.6 is 27.7 Å². The number of halogens is 1. The van der Waals surface area contributed by atoms with Gasteiger partial charge in [0.2, 0.25) is 0 Å². The molecule has 0 radical (unpaired) electrons. The zero-order valence-electron chi connectivity index (χ0n) is 13.4. The molecule has 4 nitrogen and oxygen atoms in total. The van der Waals surface area contributed by atoms with Gasteiger partial charge in [0.25, 0.3) is 11.1 Å². The summed E-state index contributed by atoms with van der Waals surface area (Å²) in [5.74, 6) is -0.698. The molecule has 1 aliphatic heterocycles. The van der Waals surface area contributed by atoms with Crippen LogP contribution in [0.15, 0.2) is 57.9 Å². The molecule has 0 N–H and O–H groups in total. The average Bonchev–Trinajstić information content (AvgIpc) is 2.85. The van der Waals surface area contributed by atoms with E-state index in [1.54, 1.807) is 30.3 Å². The van der Waals surface area contributed by atoms with Crippen LogP contribution in [0.25, 0.3) is 6.08 Å². The maximum Gasteiger partial charge on any atom is 0.293 e. The molecule has 1 fully saturated rings. The van der Waals surface area contributed by atoms with E-state index in [9.17, 15) is 14.4 Å². The van der Waals surface area contributed by atoms with E-state index < -0.39 is 11.1 Å². The molecule has 2 amide bonds. The molecular formula is C19H14BrNO3S. The highest BCUT2D eigenvalue weighted by molar-refractivity contribution is 9.10. The van der Waals surface area contributed by atoms with Crippen molar-refractivity contribution in [2.45, 2.75) is 6.92 Å². The first kappa shape index (κ1) is 17.6. The van der Waals surface area contributed by atoms with E-state index >= 15 is 0 Å². The molecule has 2 aromatic carbocycles. The smallest absolute Gasteiger partial charge is 0.292 e. The van der Waals surface area contributed by atoms with Crippen LogP contribution in [0.1, 0.15) is 21.5 Å². The predicted molar refractivity (Wildman–Crippen MR) is 102 cm³/mol. The number of aryl methyl sites for hydroxylation is 1. The number of hydrogen-bond donors (Lipinski definition) is 0. The first-order chi connectivity index (χ1) is 12.0. The van der Waals surface area contributed by atoms with Crippen molar-refractivity contribution in [2.24, 2.45) is 0 Å². The first-order valence-corrected chi connectivity index (χ1v) is 9.16. The molecule has 0 unspecified atom stereocenters. The third-order valence-corrected chi connectivity index (χ3v) is 5.25. The number of thioether (sulfide) groups is 1. The molecule has 0 aromatic heterocycles. The Morgan fingerprint density at radius 3 is 2.48 bits per heavy atom. The zero-order valence-corrected chi connectivity index (χ0v) is 15.8. The minimum atomic E-state index is -0.427. The normalized spacial score (nSPS) is 15.9. The molecule has 126 valence electrons. The summed E-state index contributed by atoms with van der Waals surface area (Å²) in [5.41, 5.74) is 2.36. The molecule has 1 heterocycles. The number of nitrogens with zero attached hydrogens (tertiary/aromatic N) is 1. The van der Waals surface area contributed by atoms with Crippen molar-refractivity contribution in [3.63, 3.8) is 0 Å². The van der Waals surface area contributed by atoms with Crippen molar-refractivity contribution in [2.75, 3.05) is 6.54 Å². The summed E-state index contributed by atoms with van der Waals surface area (Å²) >= 11 is 4.17. The Morgan fingerprint density at radius 1 is 1.12 bits per heavy atom. The zero-order chi connectivity index (χ0) is 18.0. The van der Waals surface area contributed by atoms with Crippen molar-refractivity contribution in [1.82, 2.24) is 4.90 Å². The van der Waals surface area contributed by atoms with Crippen molar-refractivity contribution < 1.29 is 14.4 Å². The summed E-state index contributed by atoms with van der Waals surface area (Å²) in [5, 5.41) is -0.421. The number of carbonyl (C=O) groups is 3. The van der Waals surface area contributed by atoms with E-state index in [-0.39, 0.29) is 12.3 Å². The molecule has 0 saturated carbocycles. The lowest BCUT2D eigenvalue weighted by atomic mass is 10.1. The van der Waals surface area contributed by atoms with Gasteiger partial charge < -0.3 is 0 Å². The molecule has 6 heteroatoms. The van der Waals surface area contributed by atoms with Gasteiger partial charge in [-0.1, -0.05) is 52.3 Å². The predicted octanol–water partition coefficient (Wildman–Crippen LogP) is 4.68. The molecule has 0 aliphatic carbocycles. The van der Waals surface area contributed by atoms with Gasteiger partial charge in [0.1, 0.15) is 0 Å². The number of carbonyl (C=O) groups excluding carboxylic acids is 3. The molecule has 0 bridgehead atoms. The van der Waals surface area contributed by atoms with Crippen LogP contribution in [0, 0.1) is 6.92 Å². The largest absolute Gasteiger partial charge is 0.293 e. The number of benzene rings is 2. The highest BCUT2D eigenvalue weighted by atomic mass is 79.9. The number of hydrogen-bond acceptors (Lipinski definition) is 4. The van der Waals surface area contributed by atoms with Gasteiger partial charge in [0.05, 0.1) is 11.4 Å². The lowest BCUT2D eigenvalue weighted by molar-refractivity contribution is -0.122. The fourth-order valence-electron chi connectivity index (χ4n) is 2.40. The number of Topliss-reactive ketones (excluding diaryl/α,β-unsaturated/α-hetero) is 1. The quantitative estimate of drug-likeness (QED) is 0.537. The number of rotatable bonds is 4. The topological polar surface area (TPSA) is 54.5 Å². The maximum atomic E-state index is 12.5. The van der Waals surface area contributed by atoms with Crippen LogP contribution < -0.4 is 0 Å². The van der Waals surface area contributed by atoms with Crippen molar-refractivity contribution in [3.8, 4) is 0 Å². The molecule has 1 saturated heterocycles. The van der Waals surface area contributed by atoms with Gasteiger partial charge in [0.15, 0.2) is 5.78 Å². The van der Waals surface area contributed by atoms with E-state index in [4.69, 9.17) is 0 Å². The van der Waals surface area contributed by atoms with E-state index in [0.717, 1.165) is 32.3 Å². The van der Waals surface area contributed by atoms with E-state index in [2.05, 4.69) is 15.9 Å². The minimum absolute atomic E-state index is 0.253. The van der Waals surface area contributed by atoms with Gasteiger partial charge in [-0.15, -0.1) is 0 Å². The highest BCUT2D eigenvalue weighted by Gasteiger charge is 2.36. The SMILES string of the molecule is Cc1ccccc1/C=C1/SC(=O)N(CC(=O)c2ccc(Br)cc2)C1=O. The van der Waals surface area contributed by atoms with Crippen LogP contribution in [0.5, 0.6) is 0 Å². The van der Waals surface area contributed by atoms with Gasteiger partial charge in [-0.3, -0.25) is 19.3 Å². The number of imide groups is 1. The van der Waals surface area contributed by atoms with Gasteiger partial charge in [0, 0.05) is 10.0 Å². The molecule has 0 atom stereocenters. The van der Waals surface area contributed by atoms with Gasteiger partial charge in [-0.25, -0.2) is 0 Å². The number of amides is 2. The standard InChI is InChI=1S/C19H14BrNO3S/c1-12-4-2-3-5-14(12)10-17-18(23)21(19(24)25-17)11-16(22)13-6-8-15(20)9-7-13/h2-10H,11H2,1H3/b17-10+. The Bertz CT molecular complexity index is 890. The third-order valence-electron chi connectivity index (χ3n) is 3.82.